The smallest absolute Gasteiger partial charge is 0.312 e. The quantitative estimate of drug-likeness (QED) is 0.379. The number of primary amides is 1. The first-order valence-corrected chi connectivity index (χ1v) is 2.28. The summed E-state index contributed by atoms with van der Waals surface area (Å²) >= 11 is 0. The van der Waals surface area contributed by atoms with E-state index in [9.17, 15) is 14.9 Å². The van der Waals surface area contributed by atoms with Gasteiger partial charge in [-0.1, -0.05) is 0 Å². The van der Waals surface area contributed by atoms with Crippen LogP contribution in [0.25, 0.3) is 0 Å². The minimum Gasteiger partial charge on any atom is -0.352 e. The van der Waals surface area contributed by atoms with Gasteiger partial charge in [0.15, 0.2) is 0 Å². The zero-order valence-corrected chi connectivity index (χ0v) is 4.66. The molecule has 0 aliphatic carbocycles. The number of hydrogen-bond acceptors (Lipinski definition) is 3. The summed E-state index contributed by atoms with van der Waals surface area (Å²) < 4.78 is 0. The van der Waals surface area contributed by atoms with Gasteiger partial charge >= 0.3 is 6.03 Å². The van der Waals surface area contributed by atoms with Crippen LogP contribution < -0.4 is 11.1 Å². The van der Waals surface area contributed by atoms with Crippen LogP contribution in [0.2, 0.25) is 0 Å². The Hall–Kier alpha value is -1.33. The lowest BCUT2D eigenvalue weighted by molar-refractivity contribution is -0.477. The van der Waals surface area contributed by atoms with Gasteiger partial charge in [-0.05, 0) is 0 Å². The lowest BCUT2D eigenvalue weighted by Gasteiger charge is -1.93. The van der Waals surface area contributed by atoms with Crippen LogP contribution in [0.4, 0.5) is 4.79 Å². The lowest BCUT2D eigenvalue weighted by atomic mass is 10.6. The van der Waals surface area contributed by atoms with E-state index in [-0.39, 0.29) is 13.1 Å². The molecular formula is C3H7N3O3. The van der Waals surface area contributed by atoms with Crippen molar-refractivity contribution in [3.05, 3.63) is 10.1 Å². The average Bonchev–Trinajstić information content (AvgIpc) is 1.63. The molecule has 3 N–H and O–H groups in total. The minimum atomic E-state index is -0.739. The SMILES string of the molecule is NC(=O)NCC[N+](=O)[O-]. The molecule has 0 heterocycles. The summed E-state index contributed by atoms with van der Waals surface area (Å²) in [5, 5.41) is 11.7. The molecule has 0 spiro atoms. The molecule has 0 radical (unpaired) electrons. The van der Waals surface area contributed by atoms with Gasteiger partial charge in [0, 0.05) is 4.92 Å². The Kier molecular flexibility index (Phi) is 3.11. The monoisotopic (exact) mass is 133 g/mol. The van der Waals surface area contributed by atoms with E-state index in [0.29, 0.717) is 0 Å². The molecule has 0 rings (SSSR count). The fraction of sp³-hybridized carbons (Fsp3) is 0.667. The van der Waals surface area contributed by atoms with E-state index >= 15 is 0 Å². The van der Waals surface area contributed by atoms with E-state index in [0.717, 1.165) is 0 Å². The molecule has 0 fully saturated rings. The number of rotatable bonds is 3. The number of nitro groups is 1. The number of hydrogen-bond donors (Lipinski definition) is 2. The molecule has 0 aliphatic heterocycles. The Balaban J connectivity index is 3.10. The Labute approximate surface area is 51.2 Å². The van der Waals surface area contributed by atoms with Crippen molar-refractivity contribution in [3.8, 4) is 0 Å². The molecule has 0 aliphatic rings. The van der Waals surface area contributed by atoms with Gasteiger partial charge in [0.1, 0.15) is 0 Å². The molecular weight excluding hydrogens is 126 g/mol. The number of nitrogens with one attached hydrogen (secondary N) is 1. The average molecular weight is 133 g/mol. The summed E-state index contributed by atoms with van der Waals surface area (Å²) in [7, 11) is 0. The predicted octanol–water partition coefficient (Wildman–Crippen LogP) is -1.07. The molecule has 0 bridgehead atoms. The predicted molar refractivity (Wildman–Crippen MR) is 29.4 cm³/mol. The number of carbonyl (C=O) groups excluding carboxylic acids is 1. The van der Waals surface area contributed by atoms with Crippen molar-refractivity contribution in [2.24, 2.45) is 5.73 Å². The van der Waals surface area contributed by atoms with Gasteiger partial charge in [-0.25, -0.2) is 4.79 Å². The van der Waals surface area contributed by atoms with Crippen molar-refractivity contribution in [2.75, 3.05) is 13.1 Å². The largest absolute Gasteiger partial charge is 0.352 e. The van der Waals surface area contributed by atoms with E-state index in [4.69, 9.17) is 0 Å². The van der Waals surface area contributed by atoms with Crippen LogP contribution in [-0.4, -0.2) is 24.0 Å². The fourth-order valence-electron chi connectivity index (χ4n) is 0.270. The molecule has 0 unspecified atom stereocenters. The summed E-state index contributed by atoms with van der Waals surface area (Å²) in [6.45, 7) is -0.300. The molecule has 2 amide bonds. The van der Waals surface area contributed by atoms with Crippen molar-refractivity contribution in [1.82, 2.24) is 5.32 Å². The topological polar surface area (TPSA) is 98.3 Å². The molecule has 6 heteroatoms. The van der Waals surface area contributed by atoms with E-state index in [1.165, 1.54) is 0 Å². The third-order valence-corrected chi connectivity index (χ3v) is 0.594. The maximum absolute atomic E-state index is 9.87. The third kappa shape index (κ3) is 6.67. The molecule has 0 saturated heterocycles. The second kappa shape index (κ2) is 3.65. The van der Waals surface area contributed by atoms with Crippen LogP contribution in [0.15, 0.2) is 0 Å². The van der Waals surface area contributed by atoms with Gasteiger partial charge in [-0.2, -0.15) is 0 Å². The number of nitrogens with zero attached hydrogens (tertiary/aromatic N) is 1. The Bertz CT molecular complexity index is 109. The molecule has 0 aromatic carbocycles. The molecule has 52 valence electrons. The highest BCUT2D eigenvalue weighted by molar-refractivity contribution is 5.71. The van der Waals surface area contributed by atoms with Crippen LogP contribution >= 0.6 is 0 Å². The van der Waals surface area contributed by atoms with Gasteiger partial charge < -0.3 is 11.1 Å². The molecule has 6 nitrogen and oxygen atoms in total. The Morgan fingerprint density at radius 2 is 2.33 bits per heavy atom. The van der Waals surface area contributed by atoms with E-state index in [1.807, 2.05) is 0 Å². The fourth-order valence-corrected chi connectivity index (χ4v) is 0.270. The third-order valence-electron chi connectivity index (χ3n) is 0.594. The summed E-state index contributed by atoms with van der Waals surface area (Å²) in [5.41, 5.74) is 4.61. The highest BCUT2D eigenvalue weighted by atomic mass is 16.6. The molecule has 0 saturated carbocycles. The highest BCUT2D eigenvalue weighted by Gasteiger charge is 1.96. The second-order valence-corrected chi connectivity index (χ2v) is 1.35. The number of urea groups is 1. The summed E-state index contributed by atoms with van der Waals surface area (Å²) in [6, 6.07) is -0.739. The standard InChI is InChI=1S/C3H7N3O3/c4-3(7)5-1-2-6(8)9/h1-2H2,(H3,4,5,7). The van der Waals surface area contributed by atoms with Crippen molar-refractivity contribution in [1.29, 1.82) is 0 Å². The molecule has 0 aromatic rings. The second-order valence-electron chi connectivity index (χ2n) is 1.35. The van der Waals surface area contributed by atoms with E-state index in [1.54, 1.807) is 0 Å². The maximum atomic E-state index is 9.87. The van der Waals surface area contributed by atoms with Crippen LogP contribution in [0, 0.1) is 10.1 Å². The van der Waals surface area contributed by atoms with Crippen molar-refractivity contribution in [2.45, 2.75) is 0 Å². The summed E-state index contributed by atoms with van der Waals surface area (Å²) in [5.74, 6) is 0. The van der Waals surface area contributed by atoms with Crippen LogP contribution in [0.5, 0.6) is 0 Å². The zero-order valence-electron chi connectivity index (χ0n) is 4.66. The first kappa shape index (κ1) is 7.67. The highest BCUT2D eigenvalue weighted by Crippen LogP contribution is 1.64. The summed E-state index contributed by atoms with van der Waals surface area (Å²) in [4.78, 5) is 18.9. The lowest BCUT2D eigenvalue weighted by Crippen LogP contribution is -2.33. The van der Waals surface area contributed by atoms with Gasteiger partial charge in [0.05, 0.1) is 6.54 Å². The first-order chi connectivity index (χ1) is 4.13. The zero-order chi connectivity index (χ0) is 7.28. The first-order valence-electron chi connectivity index (χ1n) is 2.28. The van der Waals surface area contributed by atoms with Crippen LogP contribution in [0.1, 0.15) is 0 Å². The number of amides is 2. The van der Waals surface area contributed by atoms with Crippen molar-refractivity contribution < 1.29 is 9.72 Å². The normalized spacial score (nSPS) is 8.44. The van der Waals surface area contributed by atoms with Crippen molar-refractivity contribution in [3.63, 3.8) is 0 Å². The Morgan fingerprint density at radius 3 is 2.67 bits per heavy atom. The molecule has 0 atom stereocenters. The Morgan fingerprint density at radius 1 is 1.78 bits per heavy atom. The van der Waals surface area contributed by atoms with Gasteiger partial charge in [0.2, 0.25) is 6.54 Å². The summed E-state index contributed by atoms with van der Waals surface area (Å²) in [6.07, 6.45) is 0. The van der Waals surface area contributed by atoms with Gasteiger partial charge in [-0.15, -0.1) is 0 Å². The molecule has 9 heavy (non-hydrogen) atoms. The number of carbonyl (C=O) groups is 1. The maximum Gasteiger partial charge on any atom is 0.312 e. The van der Waals surface area contributed by atoms with Crippen LogP contribution in [-0.2, 0) is 0 Å². The molecule has 0 aromatic heterocycles. The minimum absolute atomic E-state index is 0.0116. The van der Waals surface area contributed by atoms with E-state index < -0.39 is 11.0 Å². The van der Waals surface area contributed by atoms with Gasteiger partial charge in [-0.3, -0.25) is 10.1 Å². The van der Waals surface area contributed by atoms with Gasteiger partial charge in [0.25, 0.3) is 0 Å². The van der Waals surface area contributed by atoms with Crippen molar-refractivity contribution >= 4 is 6.03 Å². The number of nitrogens with two attached hydrogens (primary N) is 1. The van der Waals surface area contributed by atoms with Crippen LogP contribution in [0.3, 0.4) is 0 Å². The van der Waals surface area contributed by atoms with E-state index in [2.05, 4.69) is 11.1 Å².